The van der Waals surface area contributed by atoms with Crippen LogP contribution in [-0.4, -0.2) is 37.4 Å². The number of esters is 1. The Kier molecular flexibility index (Phi) is 6.22. The number of hydrogen-bond donors (Lipinski definition) is 1. The predicted molar refractivity (Wildman–Crippen MR) is 116 cm³/mol. The van der Waals surface area contributed by atoms with Crippen molar-refractivity contribution in [2.45, 2.75) is 44.4 Å². The molecule has 0 bridgehead atoms. The normalized spacial score (nSPS) is 13.8. The largest absolute Gasteiger partial charge is 0.451 e. The molecule has 0 amide bonds. The summed E-state index contributed by atoms with van der Waals surface area (Å²) in [5, 5.41) is -0.378. The highest BCUT2D eigenvalue weighted by Crippen LogP contribution is 2.23. The van der Waals surface area contributed by atoms with Crippen molar-refractivity contribution >= 4 is 21.8 Å². The van der Waals surface area contributed by atoms with Gasteiger partial charge < -0.3 is 13.7 Å². The molecule has 0 unspecified atom stereocenters. The number of Topliss-reactive ketones (excluding diaryl/α,β-unsaturated/α-hetero) is 1. The maximum Gasteiger partial charge on any atom is 0.374 e. The van der Waals surface area contributed by atoms with E-state index in [0.29, 0.717) is 17.8 Å². The number of sulfonamides is 1. The van der Waals surface area contributed by atoms with Crippen LogP contribution in [0.2, 0.25) is 0 Å². The molecule has 3 aromatic rings. The first-order chi connectivity index (χ1) is 15.6. The summed E-state index contributed by atoms with van der Waals surface area (Å²) in [4.78, 5) is 24.9. The van der Waals surface area contributed by atoms with Crippen molar-refractivity contribution < 1.29 is 31.6 Å². The fraction of sp³-hybridized carbons (Fsp3) is 0.304. The van der Waals surface area contributed by atoms with Crippen molar-refractivity contribution in [1.29, 1.82) is 0 Å². The van der Waals surface area contributed by atoms with Crippen LogP contribution in [0.1, 0.15) is 50.7 Å². The number of nitrogens with one attached hydrogen (secondary N) is 1. The van der Waals surface area contributed by atoms with Gasteiger partial charge in [0, 0.05) is 29.5 Å². The number of aryl methyl sites for hydroxylation is 1. The van der Waals surface area contributed by atoms with E-state index in [0.717, 1.165) is 24.1 Å². The molecule has 1 N–H and O–H groups in total. The molecule has 8 nitrogen and oxygen atoms in total. The minimum Gasteiger partial charge on any atom is -0.451 e. The van der Waals surface area contributed by atoms with Crippen LogP contribution in [0.3, 0.4) is 0 Å². The van der Waals surface area contributed by atoms with Gasteiger partial charge in [-0.3, -0.25) is 4.79 Å². The molecular weight excluding hydrogens is 451 g/mol. The summed E-state index contributed by atoms with van der Waals surface area (Å²) in [5.74, 6) is -1.97. The first-order valence-corrected chi connectivity index (χ1v) is 11.9. The second kappa shape index (κ2) is 8.95. The third-order valence-electron chi connectivity index (χ3n) is 5.41. The van der Waals surface area contributed by atoms with Crippen LogP contribution in [0, 0.1) is 19.7 Å². The number of carbonyl (C=O) groups is 2. The molecular formula is C23H23FN2O6S. The van der Waals surface area contributed by atoms with E-state index in [1.54, 1.807) is 25.1 Å². The molecule has 33 heavy (non-hydrogen) atoms. The molecule has 1 fully saturated rings. The molecule has 0 radical (unpaired) electrons. The van der Waals surface area contributed by atoms with E-state index in [2.05, 4.69) is 4.72 Å². The monoisotopic (exact) mass is 474 g/mol. The van der Waals surface area contributed by atoms with E-state index in [-0.39, 0.29) is 22.7 Å². The molecule has 2 aromatic heterocycles. The Morgan fingerprint density at radius 2 is 1.85 bits per heavy atom. The first-order valence-electron chi connectivity index (χ1n) is 10.4. The van der Waals surface area contributed by atoms with Crippen molar-refractivity contribution in [2.75, 3.05) is 6.61 Å². The van der Waals surface area contributed by atoms with Gasteiger partial charge in [-0.05, 0) is 62.6 Å². The lowest BCUT2D eigenvalue weighted by Gasteiger charge is -2.10. The number of benzene rings is 1. The summed E-state index contributed by atoms with van der Waals surface area (Å²) >= 11 is 0. The molecule has 0 aliphatic heterocycles. The lowest BCUT2D eigenvalue weighted by Crippen LogP contribution is -2.25. The third kappa shape index (κ3) is 5.23. The van der Waals surface area contributed by atoms with Gasteiger partial charge in [-0.15, -0.1) is 0 Å². The second-order valence-electron chi connectivity index (χ2n) is 8.01. The third-order valence-corrected chi connectivity index (χ3v) is 6.80. The number of furan rings is 1. The Balaban J connectivity index is 1.39. The molecule has 10 heteroatoms. The lowest BCUT2D eigenvalue weighted by atomic mass is 10.1. The molecule has 1 aliphatic carbocycles. The summed E-state index contributed by atoms with van der Waals surface area (Å²) in [5.41, 5.74) is 2.80. The summed E-state index contributed by atoms with van der Waals surface area (Å²) in [7, 11) is -3.83. The van der Waals surface area contributed by atoms with Gasteiger partial charge in [0.1, 0.15) is 5.82 Å². The lowest BCUT2D eigenvalue weighted by molar-refractivity contribution is 0.0438. The molecule has 1 saturated carbocycles. The predicted octanol–water partition coefficient (Wildman–Crippen LogP) is 3.37. The van der Waals surface area contributed by atoms with E-state index in [4.69, 9.17) is 9.15 Å². The number of carbonyl (C=O) groups excluding carboxylic acids is 2. The van der Waals surface area contributed by atoms with Crippen LogP contribution >= 0.6 is 0 Å². The molecule has 1 aliphatic rings. The van der Waals surface area contributed by atoms with Gasteiger partial charge in [-0.25, -0.2) is 22.3 Å². The van der Waals surface area contributed by atoms with Crippen LogP contribution in [0.4, 0.5) is 4.39 Å². The Morgan fingerprint density at radius 1 is 1.15 bits per heavy atom. The average molecular weight is 475 g/mol. The minimum atomic E-state index is -3.83. The number of halogens is 1. The van der Waals surface area contributed by atoms with E-state index < -0.39 is 28.4 Å². The van der Waals surface area contributed by atoms with Gasteiger partial charge in [-0.2, -0.15) is 0 Å². The fourth-order valence-electron chi connectivity index (χ4n) is 3.43. The molecule has 0 saturated heterocycles. The molecule has 4 rings (SSSR count). The number of aromatic nitrogens is 1. The maximum atomic E-state index is 13.1. The van der Waals surface area contributed by atoms with Crippen molar-refractivity contribution in [3.63, 3.8) is 0 Å². The summed E-state index contributed by atoms with van der Waals surface area (Å²) in [6.45, 7) is 3.56. The van der Waals surface area contributed by atoms with Gasteiger partial charge in [0.15, 0.2) is 6.61 Å². The van der Waals surface area contributed by atoms with Crippen molar-refractivity contribution in [1.82, 2.24) is 9.29 Å². The SMILES string of the molecule is Cc1cc(C(=O)COC(=O)c2ccc(S(=O)(=O)NC3CC3)o2)c(C)n1Cc1ccc(F)cc1. The van der Waals surface area contributed by atoms with E-state index in [1.807, 2.05) is 11.5 Å². The summed E-state index contributed by atoms with van der Waals surface area (Å²) < 4.78 is 52.0. The summed E-state index contributed by atoms with van der Waals surface area (Å²) in [6.07, 6.45) is 1.53. The zero-order valence-corrected chi connectivity index (χ0v) is 18.9. The van der Waals surface area contributed by atoms with Gasteiger partial charge in [0.25, 0.3) is 10.0 Å². The average Bonchev–Trinajstić information content (AvgIpc) is 3.33. The number of ketones is 1. The number of hydrogen-bond acceptors (Lipinski definition) is 6. The zero-order valence-electron chi connectivity index (χ0n) is 18.1. The smallest absolute Gasteiger partial charge is 0.374 e. The highest BCUT2D eigenvalue weighted by atomic mass is 32.2. The van der Waals surface area contributed by atoms with Crippen LogP contribution in [0.25, 0.3) is 0 Å². The molecule has 0 atom stereocenters. The number of ether oxygens (including phenoxy) is 1. The molecule has 2 heterocycles. The van der Waals surface area contributed by atoms with Gasteiger partial charge in [-0.1, -0.05) is 12.1 Å². The first kappa shape index (κ1) is 22.9. The highest BCUT2D eigenvalue weighted by Gasteiger charge is 2.30. The Bertz CT molecular complexity index is 1300. The van der Waals surface area contributed by atoms with Gasteiger partial charge >= 0.3 is 5.97 Å². The molecule has 174 valence electrons. The van der Waals surface area contributed by atoms with E-state index in [1.165, 1.54) is 24.3 Å². The van der Waals surface area contributed by atoms with Crippen LogP contribution in [-0.2, 0) is 21.3 Å². The van der Waals surface area contributed by atoms with Crippen LogP contribution < -0.4 is 4.72 Å². The molecule has 1 aromatic carbocycles. The molecule has 0 spiro atoms. The van der Waals surface area contributed by atoms with Crippen LogP contribution in [0.5, 0.6) is 0 Å². The summed E-state index contributed by atoms with van der Waals surface area (Å²) in [6, 6.07) is 10.1. The van der Waals surface area contributed by atoms with Crippen molar-refractivity contribution in [2.24, 2.45) is 0 Å². The topological polar surface area (TPSA) is 108 Å². The highest BCUT2D eigenvalue weighted by molar-refractivity contribution is 7.89. The Labute approximate surface area is 190 Å². The zero-order chi connectivity index (χ0) is 23.8. The van der Waals surface area contributed by atoms with Crippen molar-refractivity contribution in [3.05, 3.63) is 76.6 Å². The Hall–Kier alpha value is -3.24. The van der Waals surface area contributed by atoms with E-state index >= 15 is 0 Å². The van der Waals surface area contributed by atoms with E-state index in [9.17, 15) is 22.4 Å². The minimum absolute atomic E-state index is 0.102. The van der Waals surface area contributed by atoms with Gasteiger partial charge in [0.2, 0.25) is 16.6 Å². The second-order valence-corrected chi connectivity index (χ2v) is 9.66. The van der Waals surface area contributed by atoms with Crippen molar-refractivity contribution in [3.8, 4) is 0 Å². The standard InChI is InChI=1S/C23H23FN2O6S/c1-14-11-19(15(2)26(14)12-16-3-5-17(24)6-4-16)20(27)13-31-23(28)21-9-10-22(32-21)33(29,30)25-18-7-8-18/h3-6,9-11,18,25H,7-8,12-13H2,1-2H3. The maximum absolute atomic E-state index is 13.1. The number of nitrogens with zero attached hydrogens (tertiary/aromatic N) is 1. The fourth-order valence-corrected chi connectivity index (χ4v) is 4.67. The quantitative estimate of drug-likeness (QED) is 0.376. The number of rotatable bonds is 9. The van der Waals surface area contributed by atoms with Crippen LogP contribution in [0.15, 0.2) is 52.0 Å². The van der Waals surface area contributed by atoms with Gasteiger partial charge in [0.05, 0.1) is 0 Å². The Morgan fingerprint density at radius 3 is 2.52 bits per heavy atom.